The Morgan fingerprint density at radius 3 is 2.88 bits per heavy atom. The highest BCUT2D eigenvalue weighted by Gasteiger charge is 2.33. The van der Waals surface area contributed by atoms with Crippen LogP contribution in [0.5, 0.6) is 5.75 Å². The van der Waals surface area contributed by atoms with E-state index < -0.39 is 18.2 Å². The SMILES string of the molecule is CCOC(=O)/C(=C/OC1C=C(C)C(=O)O1)C1COc2ccccc21. The van der Waals surface area contributed by atoms with Gasteiger partial charge in [0.05, 0.1) is 31.0 Å². The van der Waals surface area contributed by atoms with Crippen LogP contribution in [0.1, 0.15) is 25.3 Å². The summed E-state index contributed by atoms with van der Waals surface area (Å²) in [6.07, 6.45) is 2.03. The van der Waals surface area contributed by atoms with Crippen LogP contribution in [0.4, 0.5) is 0 Å². The maximum absolute atomic E-state index is 12.3. The van der Waals surface area contributed by atoms with Crippen LogP contribution in [-0.2, 0) is 23.8 Å². The van der Waals surface area contributed by atoms with Crippen molar-refractivity contribution in [3.63, 3.8) is 0 Å². The molecule has 0 radical (unpaired) electrons. The third-order valence-corrected chi connectivity index (χ3v) is 3.85. The zero-order chi connectivity index (χ0) is 17.1. The predicted molar refractivity (Wildman–Crippen MR) is 84.1 cm³/mol. The van der Waals surface area contributed by atoms with Crippen LogP contribution in [0.15, 0.2) is 47.7 Å². The fraction of sp³-hybridized carbons (Fsp3) is 0.333. The molecule has 1 aromatic rings. The fourth-order valence-electron chi connectivity index (χ4n) is 2.62. The van der Waals surface area contributed by atoms with Crippen molar-refractivity contribution in [2.24, 2.45) is 0 Å². The largest absolute Gasteiger partial charge is 0.492 e. The lowest BCUT2D eigenvalue weighted by atomic mass is 9.94. The topological polar surface area (TPSA) is 71.1 Å². The minimum atomic E-state index is -0.834. The third kappa shape index (κ3) is 3.13. The lowest BCUT2D eigenvalue weighted by Crippen LogP contribution is -2.18. The number of carbonyl (C=O) groups is 2. The fourth-order valence-corrected chi connectivity index (χ4v) is 2.62. The van der Waals surface area contributed by atoms with Crippen molar-refractivity contribution in [3.05, 3.63) is 53.3 Å². The van der Waals surface area contributed by atoms with Crippen LogP contribution in [-0.4, -0.2) is 31.4 Å². The molecule has 0 bridgehead atoms. The molecule has 6 heteroatoms. The van der Waals surface area contributed by atoms with Crippen LogP contribution in [0.25, 0.3) is 0 Å². The van der Waals surface area contributed by atoms with Crippen molar-refractivity contribution in [2.45, 2.75) is 26.1 Å². The van der Waals surface area contributed by atoms with Gasteiger partial charge >= 0.3 is 11.9 Å². The Bertz CT molecular complexity index is 718. The van der Waals surface area contributed by atoms with E-state index in [4.69, 9.17) is 18.9 Å². The standard InChI is InChI=1S/C18H18O6/c1-3-21-18(20)14(10-23-16-8-11(2)17(19)24-16)13-9-22-15-7-5-4-6-12(13)15/h4-8,10,13,16H,3,9H2,1-2H3/b14-10+. The first-order chi connectivity index (χ1) is 11.6. The van der Waals surface area contributed by atoms with Gasteiger partial charge in [0.2, 0.25) is 0 Å². The zero-order valence-corrected chi connectivity index (χ0v) is 13.5. The summed E-state index contributed by atoms with van der Waals surface area (Å²) in [5.74, 6) is -0.461. The van der Waals surface area contributed by atoms with Gasteiger partial charge in [0.25, 0.3) is 6.29 Å². The first-order valence-electron chi connectivity index (χ1n) is 7.74. The molecule has 0 aromatic heterocycles. The van der Waals surface area contributed by atoms with Crippen LogP contribution in [0.3, 0.4) is 0 Å². The second kappa shape index (κ2) is 6.78. The highest BCUT2D eigenvalue weighted by atomic mass is 16.7. The Hall–Kier alpha value is -2.76. The lowest BCUT2D eigenvalue weighted by Gasteiger charge is -2.15. The molecule has 0 saturated carbocycles. The summed E-state index contributed by atoms with van der Waals surface area (Å²) in [7, 11) is 0. The molecule has 6 nitrogen and oxygen atoms in total. The molecule has 0 N–H and O–H groups in total. The second-order valence-electron chi connectivity index (χ2n) is 5.45. The normalized spacial score (nSPS) is 22.3. The van der Waals surface area contributed by atoms with Crippen molar-refractivity contribution in [1.82, 2.24) is 0 Å². The molecule has 0 saturated heterocycles. The van der Waals surface area contributed by atoms with E-state index in [0.717, 1.165) is 11.3 Å². The number of cyclic esters (lactones) is 1. The van der Waals surface area contributed by atoms with Crippen LogP contribution < -0.4 is 4.74 Å². The van der Waals surface area contributed by atoms with Gasteiger partial charge < -0.3 is 18.9 Å². The van der Waals surface area contributed by atoms with Gasteiger partial charge in [-0.25, -0.2) is 9.59 Å². The lowest BCUT2D eigenvalue weighted by molar-refractivity contribution is -0.152. The molecule has 0 aliphatic carbocycles. The molecule has 24 heavy (non-hydrogen) atoms. The summed E-state index contributed by atoms with van der Waals surface area (Å²) in [6, 6.07) is 7.51. The third-order valence-electron chi connectivity index (χ3n) is 3.85. The molecule has 0 fully saturated rings. The van der Waals surface area contributed by atoms with Crippen LogP contribution in [0.2, 0.25) is 0 Å². The van der Waals surface area contributed by atoms with E-state index in [1.807, 2.05) is 24.3 Å². The van der Waals surface area contributed by atoms with Crippen molar-refractivity contribution >= 4 is 11.9 Å². The van der Waals surface area contributed by atoms with E-state index in [0.29, 0.717) is 17.8 Å². The average molecular weight is 330 g/mol. The Balaban J connectivity index is 1.84. The molecule has 2 heterocycles. The van der Waals surface area contributed by atoms with E-state index >= 15 is 0 Å². The summed E-state index contributed by atoms with van der Waals surface area (Å²) in [6.45, 7) is 3.96. The molecular formula is C18H18O6. The Morgan fingerprint density at radius 1 is 1.38 bits per heavy atom. The van der Waals surface area contributed by atoms with Gasteiger partial charge in [0.15, 0.2) is 0 Å². The molecule has 126 valence electrons. The number of para-hydroxylation sites is 1. The summed E-state index contributed by atoms with van der Waals surface area (Å²) in [5, 5.41) is 0. The van der Waals surface area contributed by atoms with Gasteiger partial charge in [0, 0.05) is 17.2 Å². The van der Waals surface area contributed by atoms with E-state index in [9.17, 15) is 9.59 Å². The summed E-state index contributed by atoms with van der Waals surface area (Å²) in [4.78, 5) is 23.7. The smallest absolute Gasteiger partial charge is 0.337 e. The average Bonchev–Trinajstić information content (AvgIpc) is 3.12. The van der Waals surface area contributed by atoms with Gasteiger partial charge in [-0.05, 0) is 19.9 Å². The van der Waals surface area contributed by atoms with E-state index in [-0.39, 0.29) is 12.5 Å². The van der Waals surface area contributed by atoms with E-state index in [2.05, 4.69) is 0 Å². The number of esters is 2. The summed E-state index contributed by atoms with van der Waals surface area (Å²) >= 11 is 0. The predicted octanol–water partition coefficient (Wildman–Crippen LogP) is 2.46. The summed E-state index contributed by atoms with van der Waals surface area (Å²) < 4.78 is 21.2. The molecule has 2 atom stereocenters. The molecule has 2 aliphatic rings. The number of carbonyl (C=O) groups excluding carboxylic acids is 2. The van der Waals surface area contributed by atoms with Crippen LogP contribution >= 0.6 is 0 Å². The minimum Gasteiger partial charge on any atom is -0.492 e. The van der Waals surface area contributed by atoms with Gasteiger partial charge in [-0.1, -0.05) is 18.2 Å². The number of fused-ring (bicyclic) bond motifs is 1. The molecule has 0 spiro atoms. The Kier molecular flexibility index (Phi) is 4.55. The molecule has 1 aromatic carbocycles. The van der Waals surface area contributed by atoms with Crippen LogP contribution in [0, 0.1) is 0 Å². The highest BCUT2D eigenvalue weighted by Crippen LogP contribution is 2.38. The maximum Gasteiger partial charge on any atom is 0.337 e. The van der Waals surface area contributed by atoms with E-state index in [1.165, 1.54) is 6.26 Å². The second-order valence-corrected chi connectivity index (χ2v) is 5.45. The monoisotopic (exact) mass is 330 g/mol. The first-order valence-corrected chi connectivity index (χ1v) is 7.74. The maximum atomic E-state index is 12.3. The molecule has 3 rings (SSSR count). The zero-order valence-electron chi connectivity index (χ0n) is 13.5. The summed E-state index contributed by atoms with van der Waals surface area (Å²) in [5.41, 5.74) is 1.70. The van der Waals surface area contributed by atoms with Crippen molar-refractivity contribution in [3.8, 4) is 5.75 Å². The molecular weight excluding hydrogens is 312 g/mol. The van der Waals surface area contributed by atoms with Gasteiger partial charge in [0.1, 0.15) is 5.75 Å². The Labute approximate surface area is 139 Å². The minimum absolute atomic E-state index is 0.253. The number of ether oxygens (including phenoxy) is 4. The van der Waals surface area contributed by atoms with Gasteiger partial charge in [-0.15, -0.1) is 0 Å². The van der Waals surface area contributed by atoms with Crippen molar-refractivity contribution < 1.29 is 28.5 Å². The number of hydrogen-bond acceptors (Lipinski definition) is 6. The van der Waals surface area contributed by atoms with Gasteiger partial charge in [-0.3, -0.25) is 0 Å². The number of benzene rings is 1. The highest BCUT2D eigenvalue weighted by molar-refractivity contribution is 5.91. The van der Waals surface area contributed by atoms with Crippen molar-refractivity contribution in [2.75, 3.05) is 13.2 Å². The Morgan fingerprint density at radius 2 is 2.17 bits per heavy atom. The van der Waals surface area contributed by atoms with Crippen molar-refractivity contribution in [1.29, 1.82) is 0 Å². The number of hydrogen-bond donors (Lipinski definition) is 0. The first kappa shape index (κ1) is 16.1. The molecule has 2 aliphatic heterocycles. The molecule has 0 amide bonds. The van der Waals surface area contributed by atoms with E-state index in [1.54, 1.807) is 19.9 Å². The number of rotatable bonds is 5. The quantitative estimate of drug-likeness (QED) is 0.469. The molecule has 2 unspecified atom stereocenters. The van der Waals surface area contributed by atoms with Gasteiger partial charge in [-0.2, -0.15) is 0 Å².